The molecule has 0 bridgehead atoms. The molecular formula is C17H22FN3O2. The minimum atomic E-state index is -0.234. The maximum atomic E-state index is 13.1. The summed E-state index contributed by atoms with van der Waals surface area (Å²) in [5, 5.41) is 4.03. The van der Waals surface area contributed by atoms with E-state index in [1.807, 2.05) is 13.8 Å². The molecule has 1 aromatic heterocycles. The number of ether oxygens (including phenoxy) is 1. The summed E-state index contributed by atoms with van der Waals surface area (Å²) in [6.45, 7) is 8.28. The lowest BCUT2D eigenvalue weighted by atomic mass is 10.1. The van der Waals surface area contributed by atoms with Crippen molar-refractivity contribution in [1.82, 2.24) is 15.0 Å². The van der Waals surface area contributed by atoms with Gasteiger partial charge in [0.25, 0.3) is 0 Å². The number of rotatable bonds is 4. The van der Waals surface area contributed by atoms with Gasteiger partial charge in [-0.2, -0.15) is 4.98 Å². The van der Waals surface area contributed by atoms with E-state index in [2.05, 4.69) is 22.0 Å². The first-order chi connectivity index (χ1) is 11.0. The monoisotopic (exact) mass is 319 g/mol. The van der Waals surface area contributed by atoms with Gasteiger partial charge in [0, 0.05) is 19.0 Å². The molecule has 1 aliphatic rings. The summed E-state index contributed by atoms with van der Waals surface area (Å²) in [4.78, 5) is 6.74. The van der Waals surface area contributed by atoms with E-state index in [1.165, 1.54) is 12.1 Å². The summed E-state index contributed by atoms with van der Waals surface area (Å²) in [6.07, 6.45) is -0.0701. The van der Waals surface area contributed by atoms with Gasteiger partial charge in [-0.1, -0.05) is 31.1 Å². The van der Waals surface area contributed by atoms with Gasteiger partial charge in [0.2, 0.25) is 5.89 Å². The average Bonchev–Trinajstić information content (AvgIpc) is 3.05. The van der Waals surface area contributed by atoms with Crippen LogP contribution in [-0.4, -0.2) is 34.7 Å². The maximum absolute atomic E-state index is 13.1. The molecule has 3 rings (SSSR count). The first-order valence-corrected chi connectivity index (χ1v) is 7.99. The molecule has 2 aromatic rings. The van der Waals surface area contributed by atoms with E-state index in [9.17, 15) is 4.39 Å². The summed E-state index contributed by atoms with van der Waals surface area (Å²) in [6, 6.07) is 6.51. The molecule has 0 saturated carbocycles. The second-order valence-corrected chi connectivity index (χ2v) is 6.23. The maximum Gasteiger partial charge on any atom is 0.243 e. The highest BCUT2D eigenvalue weighted by Gasteiger charge is 2.29. The Kier molecular flexibility index (Phi) is 4.73. The average molecular weight is 319 g/mol. The summed E-state index contributed by atoms with van der Waals surface area (Å²) in [5.41, 5.74) is 0.983. The van der Waals surface area contributed by atoms with Crippen molar-refractivity contribution in [1.29, 1.82) is 0 Å². The summed E-state index contributed by atoms with van der Waals surface area (Å²) in [5.74, 6) is 1.38. The Morgan fingerprint density at radius 2 is 1.96 bits per heavy atom. The molecular weight excluding hydrogens is 297 g/mol. The molecule has 0 amide bonds. The van der Waals surface area contributed by atoms with E-state index >= 15 is 0 Å². The molecule has 1 aromatic carbocycles. The van der Waals surface area contributed by atoms with Crippen LogP contribution < -0.4 is 0 Å². The van der Waals surface area contributed by atoms with Crippen LogP contribution in [0.5, 0.6) is 0 Å². The summed E-state index contributed by atoms with van der Waals surface area (Å²) < 4.78 is 24.3. The molecule has 1 saturated heterocycles. The third kappa shape index (κ3) is 3.59. The molecule has 124 valence electrons. The molecule has 1 fully saturated rings. The van der Waals surface area contributed by atoms with Crippen molar-refractivity contribution in [3.63, 3.8) is 0 Å². The fourth-order valence-electron chi connectivity index (χ4n) is 2.71. The Bertz CT molecular complexity index is 642. The van der Waals surface area contributed by atoms with Crippen molar-refractivity contribution in [3.8, 4) is 0 Å². The van der Waals surface area contributed by atoms with E-state index in [-0.39, 0.29) is 23.9 Å². The van der Waals surface area contributed by atoms with Gasteiger partial charge in [0.05, 0.1) is 18.8 Å². The lowest BCUT2D eigenvalue weighted by molar-refractivity contribution is -0.0469. The van der Waals surface area contributed by atoms with Crippen LogP contribution in [0.15, 0.2) is 28.8 Å². The molecule has 2 unspecified atom stereocenters. The molecule has 2 atom stereocenters. The van der Waals surface area contributed by atoms with E-state index < -0.39 is 0 Å². The molecule has 6 heteroatoms. The molecule has 2 heterocycles. The minimum Gasteiger partial charge on any atom is -0.371 e. The predicted octanol–water partition coefficient (Wildman–Crippen LogP) is 3.47. The van der Waals surface area contributed by atoms with Crippen molar-refractivity contribution in [2.75, 3.05) is 19.7 Å². The highest BCUT2D eigenvalue weighted by molar-refractivity contribution is 5.19. The molecule has 0 N–H and O–H groups in total. The van der Waals surface area contributed by atoms with Gasteiger partial charge in [-0.3, -0.25) is 4.90 Å². The predicted molar refractivity (Wildman–Crippen MR) is 83.5 cm³/mol. The van der Waals surface area contributed by atoms with Gasteiger partial charge in [-0.05, 0) is 24.6 Å². The van der Waals surface area contributed by atoms with Crippen LogP contribution in [0.1, 0.15) is 56.1 Å². The van der Waals surface area contributed by atoms with Crippen LogP contribution >= 0.6 is 0 Å². The van der Waals surface area contributed by atoms with Gasteiger partial charge < -0.3 is 9.26 Å². The number of nitrogens with zero attached hydrogens (tertiary/aromatic N) is 3. The fourth-order valence-corrected chi connectivity index (χ4v) is 2.71. The van der Waals surface area contributed by atoms with E-state index in [1.54, 1.807) is 12.1 Å². The van der Waals surface area contributed by atoms with Crippen LogP contribution in [0, 0.1) is 5.82 Å². The molecule has 23 heavy (non-hydrogen) atoms. The minimum absolute atomic E-state index is 0.0295. The highest BCUT2D eigenvalue weighted by Crippen LogP contribution is 2.28. The van der Waals surface area contributed by atoms with Crippen LogP contribution in [-0.2, 0) is 4.74 Å². The van der Waals surface area contributed by atoms with Crippen LogP contribution in [0.2, 0.25) is 0 Å². The number of aromatic nitrogens is 2. The van der Waals surface area contributed by atoms with Crippen molar-refractivity contribution in [2.24, 2.45) is 0 Å². The highest BCUT2D eigenvalue weighted by atomic mass is 19.1. The molecule has 5 nitrogen and oxygen atoms in total. The first-order valence-electron chi connectivity index (χ1n) is 7.99. The van der Waals surface area contributed by atoms with Gasteiger partial charge >= 0.3 is 0 Å². The zero-order valence-corrected chi connectivity index (χ0v) is 13.7. The zero-order valence-electron chi connectivity index (χ0n) is 13.7. The topological polar surface area (TPSA) is 51.4 Å². The lowest BCUT2D eigenvalue weighted by Gasteiger charge is -2.35. The zero-order chi connectivity index (χ0) is 16.4. The van der Waals surface area contributed by atoms with E-state index in [4.69, 9.17) is 9.26 Å². The standard InChI is InChI=1S/C17H22FN3O2/c1-11(2)16-19-17(23-20-16)12(3)21-8-9-22-15(10-21)13-4-6-14(18)7-5-13/h4-7,11-12,15H,8-10H2,1-3H3. The molecule has 0 radical (unpaired) electrons. The van der Waals surface area contributed by atoms with Crippen LogP contribution in [0.25, 0.3) is 0 Å². The number of hydrogen-bond donors (Lipinski definition) is 0. The summed E-state index contributed by atoms with van der Waals surface area (Å²) >= 11 is 0. The Morgan fingerprint density at radius 3 is 2.61 bits per heavy atom. The van der Waals surface area contributed by atoms with Crippen molar-refractivity contribution >= 4 is 0 Å². The van der Waals surface area contributed by atoms with Crippen molar-refractivity contribution in [3.05, 3.63) is 47.4 Å². The number of morpholine rings is 1. The second-order valence-electron chi connectivity index (χ2n) is 6.23. The quantitative estimate of drug-likeness (QED) is 0.864. The largest absolute Gasteiger partial charge is 0.371 e. The number of benzene rings is 1. The normalized spacial score (nSPS) is 20.8. The van der Waals surface area contributed by atoms with Gasteiger partial charge in [0.1, 0.15) is 5.82 Å². The lowest BCUT2D eigenvalue weighted by Crippen LogP contribution is -2.40. The first kappa shape index (κ1) is 16.1. The number of hydrogen-bond acceptors (Lipinski definition) is 5. The van der Waals surface area contributed by atoms with Crippen molar-refractivity contribution in [2.45, 2.75) is 38.8 Å². The van der Waals surface area contributed by atoms with Gasteiger partial charge in [-0.25, -0.2) is 4.39 Å². The van der Waals surface area contributed by atoms with E-state index in [0.29, 0.717) is 19.0 Å². The third-order valence-corrected chi connectivity index (χ3v) is 4.22. The van der Waals surface area contributed by atoms with Gasteiger partial charge in [0.15, 0.2) is 5.82 Å². The Labute approximate surface area is 135 Å². The van der Waals surface area contributed by atoms with Crippen molar-refractivity contribution < 1.29 is 13.7 Å². The van der Waals surface area contributed by atoms with E-state index in [0.717, 1.165) is 17.9 Å². The number of halogens is 1. The molecule has 1 aliphatic heterocycles. The molecule has 0 aliphatic carbocycles. The smallest absolute Gasteiger partial charge is 0.243 e. The fraction of sp³-hybridized carbons (Fsp3) is 0.529. The Hall–Kier alpha value is -1.79. The van der Waals surface area contributed by atoms with Gasteiger partial charge in [-0.15, -0.1) is 0 Å². The van der Waals surface area contributed by atoms with Crippen LogP contribution in [0.3, 0.4) is 0 Å². The van der Waals surface area contributed by atoms with Crippen LogP contribution in [0.4, 0.5) is 4.39 Å². The SMILES string of the molecule is CC(C)c1noc(C(C)N2CCOC(c3ccc(F)cc3)C2)n1. The third-order valence-electron chi connectivity index (χ3n) is 4.22. The Balaban J connectivity index is 1.70. The summed E-state index contributed by atoms with van der Waals surface area (Å²) in [7, 11) is 0. The second kappa shape index (κ2) is 6.76. The molecule has 0 spiro atoms. The Morgan fingerprint density at radius 1 is 1.22 bits per heavy atom.